The summed E-state index contributed by atoms with van der Waals surface area (Å²) in [7, 11) is 0. The lowest BCUT2D eigenvalue weighted by atomic mass is 9.76. The summed E-state index contributed by atoms with van der Waals surface area (Å²) in [6.07, 6.45) is 17.6. The van der Waals surface area contributed by atoms with Crippen LogP contribution in [-0.4, -0.2) is 0 Å². The Morgan fingerprint density at radius 2 is 1.06 bits per heavy atom. The van der Waals surface area contributed by atoms with Gasteiger partial charge in [-0.25, -0.2) is 0 Å². The zero-order valence-electron chi connectivity index (χ0n) is 21.3. The Kier molecular flexibility index (Phi) is 8.88. The van der Waals surface area contributed by atoms with E-state index < -0.39 is 0 Å². The Morgan fingerprint density at radius 3 is 1.45 bits per heavy atom. The number of hydrogen-bond donors (Lipinski definition) is 0. The number of hydrogen-bond acceptors (Lipinski definition) is 0. The number of allylic oxidation sites excluding steroid dienone is 1. The van der Waals surface area contributed by atoms with Gasteiger partial charge in [0.2, 0.25) is 0 Å². The Labute approximate surface area is 203 Å². The van der Waals surface area contributed by atoms with Crippen molar-refractivity contribution in [2.24, 2.45) is 11.8 Å². The number of benzene rings is 2. The van der Waals surface area contributed by atoms with E-state index in [-0.39, 0.29) is 0 Å². The van der Waals surface area contributed by atoms with Crippen molar-refractivity contribution in [3.63, 3.8) is 0 Å². The molecule has 0 N–H and O–H groups in total. The highest BCUT2D eigenvalue weighted by Gasteiger charge is 2.23. The van der Waals surface area contributed by atoms with E-state index in [0.29, 0.717) is 0 Å². The van der Waals surface area contributed by atoms with Gasteiger partial charge >= 0.3 is 0 Å². The molecule has 0 bridgehead atoms. The quantitative estimate of drug-likeness (QED) is 0.339. The summed E-state index contributed by atoms with van der Waals surface area (Å²) in [6, 6.07) is 19.1. The van der Waals surface area contributed by atoms with Crippen LogP contribution < -0.4 is 0 Å². The maximum Gasteiger partial charge on any atom is -0.0162 e. The summed E-state index contributed by atoms with van der Waals surface area (Å²) in [5.41, 5.74) is 7.27. The average Bonchev–Trinajstić information content (AvgIpc) is 2.88. The van der Waals surface area contributed by atoms with Gasteiger partial charge in [0, 0.05) is 0 Å². The summed E-state index contributed by atoms with van der Waals surface area (Å²) < 4.78 is 0. The molecule has 0 heteroatoms. The molecule has 0 spiro atoms. The first-order chi connectivity index (χ1) is 16.2. The van der Waals surface area contributed by atoms with Crippen LogP contribution >= 0.6 is 0 Å². The molecule has 2 fully saturated rings. The molecule has 0 nitrogen and oxygen atoms in total. The second kappa shape index (κ2) is 12.0. The maximum atomic E-state index is 4.19. The molecule has 2 aromatic rings. The van der Waals surface area contributed by atoms with Gasteiger partial charge in [0.05, 0.1) is 0 Å². The first kappa shape index (κ1) is 24.3. The van der Waals surface area contributed by atoms with Crippen molar-refractivity contribution in [1.29, 1.82) is 0 Å². The van der Waals surface area contributed by atoms with Crippen LogP contribution in [0.4, 0.5) is 0 Å². The summed E-state index contributed by atoms with van der Waals surface area (Å²) in [5.74, 6) is 3.45. The molecule has 178 valence electrons. The molecular formula is C33H46. The van der Waals surface area contributed by atoms with Crippen LogP contribution in [0.2, 0.25) is 0 Å². The molecule has 2 saturated carbocycles. The SMILES string of the molecule is C=C(CC)CCC1CCC(c2ccc(-c3ccc(C4CCC(CCC)CC4)cc3)cc2)CC1. The van der Waals surface area contributed by atoms with Crippen molar-refractivity contribution in [1.82, 2.24) is 0 Å². The van der Waals surface area contributed by atoms with Crippen molar-refractivity contribution in [3.8, 4) is 11.1 Å². The van der Waals surface area contributed by atoms with E-state index in [2.05, 4.69) is 69.0 Å². The van der Waals surface area contributed by atoms with Crippen molar-refractivity contribution in [2.75, 3.05) is 0 Å². The first-order valence-corrected chi connectivity index (χ1v) is 14.0. The van der Waals surface area contributed by atoms with Gasteiger partial charge in [-0.15, -0.1) is 0 Å². The van der Waals surface area contributed by atoms with Gasteiger partial charge in [-0.3, -0.25) is 0 Å². The highest BCUT2D eigenvalue weighted by molar-refractivity contribution is 5.64. The highest BCUT2D eigenvalue weighted by atomic mass is 14.3. The second-order valence-corrected chi connectivity index (χ2v) is 11.1. The van der Waals surface area contributed by atoms with Crippen LogP contribution in [0.3, 0.4) is 0 Å². The lowest BCUT2D eigenvalue weighted by Gasteiger charge is -2.29. The van der Waals surface area contributed by atoms with E-state index in [4.69, 9.17) is 0 Å². The van der Waals surface area contributed by atoms with E-state index in [1.54, 1.807) is 11.1 Å². The minimum atomic E-state index is 0.759. The predicted octanol–water partition coefficient (Wildman–Crippen LogP) is 10.4. The third kappa shape index (κ3) is 6.62. The second-order valence-electron chi connectivity index (χ2n) is 11.1. The molecule has 4 rings (SSSR count). The van der Waals surface area contributed by atoms with Gasteiger partial charge in [0.15, 0.2) is 0 Å². The predicted molar refractivity (Wildman–Crippen MR) is 145 cm³/mol. The van der Waals surface area contributed by atoms with Crippen LogP contribution in [0, 0.1) is 11.8 Å². The summed E-state index contributed by atoms with van der Waals surface area (Å²) in [5, 5.41) is 0. The van der Waals surface area contributed by atoms with Crippen LogP contribution in [0.1, 0.15) is 120 Å². The lowest BCUT2D eigenvalue weighted by Crippen LogP contribution is -2.13. The van der Waals surface area contributed by atoms with Crippen LogP contribution in [0.15, 0.2) is 60.7 Å². The fourth-order valence-electron chi connectivity index (χ4n) is 6.46. The first-order valence-electron chi connectivity index (χ1n) is 14.0. The Morgan fingerprint density at radius 1 is 0.636 bits per heavy atom. The van der Waals surface area contributed by atoms with Gasteiger partial charge < -0.3 is 0 Å². The smallest absolute Gasteiger partial charge is 0.0162 e. The molecule has 2 aliphatic carbocycles. The van der Waals surface area contributed by atoms with Crippen molar-refractivity contribution in [2.45, 2.75) is 109 Å². The van der Waals surface area contributed by atoms with Crippen LogP contribution in [-0.2, 0) is 0 Å². The van der Waals surface area contributed by atoms with Gasteiger partial charge in [-0.2, -0.15) is 0 Å². The molecule has 0 aromatic heterocycles. The highest BCUT2D eigenvalue weighted by Crippen LogP contribution is 2.40. The molecule has 0 heterocycles. The minimum Gasteiger partial charge on any atom is -0.0999 e. The van der Waals surface area contributed by atoms with Crippen LogP contribution in [0.5, 0.6) is 0 Å². The van der Waals surface area contributed by atoms with Crippen molar-refractivity contribution >= 4 is 0 Å². The maximum absolute atomic E-state index is 4.19. The molecule has 0 unspecified atom stereocenters. The third-order valence-corrected chi connectivity index (χ3v) is 8.89. The molecule has 0 radical (unpaired) electrons. The summed E-state index contributed by atoms with van der Waals surface area (Å²) >= 11 is 0. The van der Waals surface area contributed by atoms with Gasteiger partial charge in [-0.1, -0.05) is 87.4 Å². The molecule has 2 aromatic carbocycles. The molecule has 2 aliphatic rings. The van der Waals surface area contributed by atoms with Crippen LogP contribution in [0.25, 0.3) is 11.1 Å². The van der Waals surface area contributed by atoms with Crippen molar-refractivity contribution < 1.29 is 0 Å². The molecule has 0 aliphatic heterocycles. The standard InChI is InChI=1S/C33H46/c1-4-6-26-9-13-28(14-10-26)30-17-21-32(22-18-30)33-23-19-31(20-24-33)29-15-11-27(12-16-29)8-7-25(3)5-2/h17-24,26-29H,3-16H2,1-2H3. The van der Waals surface area contributed by atoms with Gasteiger partial charge in [0.1, 0.15) is 0 Å². The summed E-state index contributed by atoms with van der Waals surface area (Å²) in [6.45, 7) is 8.75. The topological polar surface area (TPSA) is 0 Å². The molecule has 0 atom stereocenters. The fraction of sp³-hybridized carbons (Fsp3) is 0.576. The average molecular weight is 443 g/mol. The van der Waals surface area contributed by atoms with E-state index in [0.717, 1.165) is 30.1 Å². The zero-order valence-corrected chi connectivity index (χ0v) is 21.3. The summed E-state index contributed by atoms with van der Waals surface area (Å²) in [4.78, 5) is 0. The molecule has 33 heavy (non-hydrogen) atoms. The van der Waals surface area contributed by atoms with E-state index in [9.17, 15) is 0 Å². The van der Waals surface area contributed by atoms with E-state index in [1.807, 2.05) is 0 Å². The monoisotopic (exact) mass is 442 g/mol. The molecular weight excluding hydrogens is 396 g/mol. The number of rotatable bonds is 9. The lowest BCUT2D eigenvalue weighted by molar-refractivity contribution is 0.308. The van der Waals surface area contributed by atoms with Crippen molar-refractivity contribution in [3.05, 3.63) is 71.8 Å². The minimum absolute atomic E-state index is 0.759. The molecule has 0 amide bonds. The van der Waals surface area contributed by atoms with E-state index in [1.165, 1.54) is 93.7 Å². The normalized spacial score (nSPS) is 25.6. The van der Waals surface area contributed by atoms with E-state index >= 15 is 0 Å². The zero-order chi connectivity index (χ0) is 23.0. The van der Waals surface area contributed by atoms with Gasteiger partial charge in [-0.05, 0) is 117 Å². The van der Waals surface area contributed by atoms with Gasteiger partial charge in [0.25, 0.3) is 0 Å². The Hall–Kier alpha value is -1.82. The Balaban J connectivity index is 1.28. The largest absolute Gasteiger partial charge is 0.0999 e. The fourth-order valence-corrected chi connectivity index (χ4v) is 6.46. The molecule has 0 saturated heterocycles. The Bertz CT molecular complexity index is 840. The third-order valence-electron chi connectivity index (χ3n) is 8.89.